The molecule has 2 saturated heterocycles. The molecule has 1 atom stereocenters. The monoisotopic (exact) mass is 339 g/mol. The molecule has 21 heavy (non-hydrogen) atoms. The minimum absolute atomic E-state index is 0. The Morgan fingerprint density at radius 1 is 1.19 bits per heavy atom. The number of amides is 1. The lowest BCUT2D eigenvalue weighted by Crippen LogP contribution is -2.50. The van der Waals surface area contributed by atoms with Crippen molar-refractivity contribution in [3.05, 3.63) is 0 Å². The van der Waals surface area contributed by atoms with Gasteiger partial charge in [-0.25, -0.2) is 0 Å². The number of piperidine rings is 2. The van der Waals surface area contributed by atoms with E-state index in [0.717, 1.165) is 51.9 Å². The van der Waals surface area contributed by atoms with Crippen molar-refractivity contribution in [1.82, 2.24) is 15.1 Å². The first kappa shape index (κ1) is 21.0. The summed E-state index contributed by atoms with van der Waals surface area (Å²) >= 11 is 0. The predicted molar refractivity (Wildman–Crippen MR) is 92.6 cm³/mol. The van der Waals surface area contributed by atoms with E-state index in [4.69, 9.17) is 0 Å². The topological polar surface area (TPSA) is 35.6 Å². The second-order valence-electron chi connectivity index (χ2n) is 6.35. The smallest absolute Gasteiger partial charge is 0.226 e. The van der Waals surface area contributed by atoms with Gasteiger partial charge in [0.1, 0.15) is 0 Å². The van der Waals surface area contributed by atoms with Crippen LogP contribution in [0.25, 0.3) is 0 Å². The number of rotatable bonds is 3. The van der Waals surface area contributed by atoms with Crippen molar-refractivity contribution in [2.75, 3.05) is 33.2 Å². The van der Waals surface area contributed by atoms with Crippen molar-refractivity contribution >= 4 is 30.7 Å². The van der Waals surface area contributed by atoms with E-state index < -0.39 is 0 Å². The quantitative estimate of drug-likeness (QED) is 0.855. The highest BCUT2D eigenvalue weighted by Crippen LogP contribution is 2.20. The van der Waals surface area contributed by atoms with Crippen LogP contribution in [0.15, 0.2) is 0 Å². The van der Waals surface area contributed by atoms with E-state index in [9.17, 15) is 4.79 Å². The molecule has 2 fully saturated rings. The molecule has 6 heteroatoms. The molecule has 0 radical (unpaired) electrons. The second-order valence-corrected chi connectivity index (χ2v) is 6.35. The summed E-state index contributed by atoms with van der Waals surface area (Å²) in [6.45, 7) is 8.70. The summed E-state index contributed by atoms with van der Waals surface area (Å²) in [4.78, 5) is 17.0. The first-order chi connectivity index (χ1) is 9.09. The maximum atomic E-state index is 12.5. The van der Waals surface area contributed by atoms with Crippen molar-refractivity contribution in [2.45, 2.75) is 51.6 Å². The van der Waals surface area contributed by atoms with E-state index in [2.05, 4.69) is 24.1 Å². The number of likely N-dealkylation sites (tertiary alicyclic amines) is 1. The van der Waals surface area contributed by atoms with Crippen LogP contribution in [0, 0.1) is 5.92 Å². The summed E-state index contributed by atoms with van der Waals surface area (Å²) in [6, 6.07) is 1.08. The van der Waals surface area contributed by atoms with Crippen LogP contribution in [0.4, 0.5) is 0 Å². The van der Waals surface area contributed by atoms with Crippen LogP contribution in [0.2, 0.25) is 0 Å². The van der Waals surface area contributed by atoms with Gasteiger partial charge in [0.15, 0.2) is 0 Å². The summed E-state index contributed by atoms with van der Waals surface area (Å²) < 4.78 is 0. The molecule has 1 N–H and O–H groups in total. The Morgan fingerprint density at radius 3 is 2.29 bits per heavy atom. The van der Waals surface area contributed by atoms with Gasteiger partial charge in [-0.15, -0.1) is 24.8 Å². The molecule has 4 nitrogen and oxygen atoms in total. The number of carbonyl (C=O) groups is 1. The van der Waals surface area contributed by atoms with Crippen LogP contribution in [0.1, 0.15) is 39.5 Å². The Kier molecular flexibility index (Phi) is 9.87. The van der Waals surface area contributed by atoms with Crippen LogP contribution in [0.3, 0.4) is 0 Å². The Bertz CT molecular complexity index is 301. The Balaban J connectivity index is 0.00000200. The summed E-state index contributed by atoms with van der Waals surface area (Å²) in [6.07, 6.45) is 4.44. The number of nitrogens with zero attached hydrogens (tertiary/aromatic N) is 2. The molecule has 2 aliphatic heterocycles. The van der Waals surface area contributed by atoms with Crippen molar-refractivity contribution in [3.8, 4) is 0 Å². The van der Waals surface area contributed by atoms with Crippen molar-refractivity contribution in [3.63, 3.8) is 0 Å². The van der Waals surface area contributed by atoms with Crippen LogP contribution in [0.5, 0.6) is 0 Å². The molecule has 0 aromatic carbocycles. The standard InChI is InChI=1S/C15H29N3O.2ClH/c1-12(2)18-9-6-14(7-10-18)17(3)15(19)13-5-4-8-16-11-13;;/h12-14,16H,4-11H2,1-3H3;2*1H/t13-;;/m1../s1. The first-order valence-corrected chi connectivity index (χ1v) is 7.81. The third kappa shape index (κ3) is 5.59. The number of carbonyl (C=O) groups excluding carboxylic acids is 1. The first-order valence-electron chi connectivity index (χ1n) is 7.81. The van der Waals surface area contributed by atoms with E-state index in [-0.39, 0.29) is 30.7 Å². The van der Waals surface area contributed by atoms with Crippen molar-refractivity contribution < 1.29 is 4.79 Å². The molecule has 2 rings (SSSR count). The number of halogens is 2. The van der Waals surface area contributed by atoms with E-state index in [1.807, 2.05) is 11.9 Å². The van der Waals surface area contributed by atoms with Gasteiger partial charge in [-0.2, -0.15) is 0 Å². The lowest BCUT2D eigenvalue weighted by Gasteiger charge is -2.40. The molecule has 1 amide bonds. The SMILES string of the molecule is CC(C)N1CCC(N(C)C(=O)[C@@H]2CCCNC2)CC1.Cl.Cl. The van der Waals surface area contributed by atoms with Crippen LogP contribution >= 0.6 is 24.8 Å². The predicted octanol–water partition coefficient (Wildman–Crippen LogP) is 2.16. The molecule has 0 saturated carbocycles. The fourth-order valence-electron chi connectivity index (χ4n) is 3.32. The molecule has 126 valence electrons. The van der Waals surface area contributed by atoms with E-state index in [1.165, 1.54) is 0 Å². The number of nitrogens with one attached hydrogen (secondary N) is 1. The van der Waals surface area contributed by atoms with Gasteiger partial charge < -0.3 is 15.1 Å². The fourth-order valence-corrected chi connectivity index (χ4v) is 3.32. The number of hydrogen-bond donors (Lipinski definition) is 1. The van der Waals surface area contributed by atoms with Gasteiger partial charge >= 0.3 is 0 Å². The highest BCUT2D eigenvalue weighted by atomic mass is 35.5. The highest BCUT2D eigenvalue weighted by molar-refractivity contribution is 5.85. The molecule has 0 aromatic heterocycles. The zero-order chi connectivity index (χ0) is 13.8. The zero-order valence-electron chi connectivity index (χ0n) is 13.5. The summed E-state index contributed by atoms with van der Waals surface area (Å²) in [7, 11) is 2.01. The van der Waals surface area contributed by atoms with E-state index in [0.29, 0.717) is 18.0 Å². The minimum atomic E-state index is 0. The molecule has 0 aromatic rings. The number of hydrogen-bond acceptors (Lipinski definition) is 3. The van der Waals surface area contributed by atoms with Crippen molar-refractivity contribution in [2.24, 2.45) is 5.92 Å². The van der Waals surface area contributed by atoms with Crippen molar-refractivity contribution in [1.29, 1.82) is 0 Å². The molecule has 0 spiro atoms. The van der Waals surface area contributed by atoms with Crippen LogP contribution in [-0.2, 0) is 4.79 Å². The summed E-state index contributed by atoms with van der Waals surface area (Å²) in [5.41, 5.74) is 0. The summed E-state index contributed by atoms with van der Waals surface area (Å²) in [5.74, 6) is 0.567. The van der Waals surface area contributed by atoms with Gasteiger partial charge in [-0.05, 0) is 46.1 Å². The highest BCUT2D eigenvalue weighted by Gasteiger charge is 2.30. The van der Waals surface area contributed by atoms with Gasteiger partial charge in [0, 0.05) is 38.8 Å². The third-order valence-electron chi connectivity index (χ3n) is 4.77. The van der Waals surface area contributed by atoms with Gasteiger partial charge in [-0.3, -0.25) is 4.79 Å². The van der Waals surface area contributed by atoms with Crippen LogP contribution < -0.4 is 5.32 Å². The summed E-state index contributed by atoms with van der Waals surface area (Å²) in [5, 5.41) is 3.34. The third-order valence-corrected chi connectivity index (χ3v) is 4.77. The van der Waals surface area contributed by atoms with Gasteiger partial charge in [-0.1, -0.05) is 0 Å². The Hall–Kier alpha value is -0.0300. The molecular weight excluding hydrogens is 309 g/mol. The van der Waals surface area contributed by atoms with E-state index in [1.54, 1.807) is 0 Å². The zero-order valence-corrected chi connectivity index (χ0v) is 15.1. The Labute approximate surface area is 141 Å². The largest absolute Gasteiger partial charge is 0.342 e. The van der Waals surface area contributed by atoms with Gasteiger partial charge in [0.05, 0.1) is 5.92 Å². The van der Waals surface area contributed by atoms with Gasteiger partial charge in [0.2, 0.25) is 5.91 Å². The minimum Gasteiger partial charge on any atom is -0.342 e. The van der Waals surface area contributed by atoms with Gasteiger partial charge in [0.25, 0.3) is 0 Å². The molecular formula is C15H31Cl2N3O. The maximum Gasteiger partial charge on any atom is 0.226 e. The molecule has 2 aliphatic rings. The fraction of sp³-hybridized carbons (Fsp3) is 0.933. The lowest BCUT2D eigenvalue weighted by atomic mass is 9.95. The van der Waals surface area contributed by atoms with E-state index >= 15 is 0 Å². The molecule has 2 heterocycles. The lowest BCUT2D eigenvalue weighted by molar-refractivity contribution is -0.137. The van der Waals surface area contributed by atoms with Crippen LogP contribution in [-0.4, -0.2) is 61.0 Å². The average Bonchev–Trinajstić information content (AvgIpc) is 2.46. The Morgan fingerprint density at radius 2 is 1.81 bits per heavy atom. The maximum absolute atomic E-state index is 12.5. The normalized spacial score (nSPS) is 24.1. The average molecular weight is 340 g/mol. The molecule has 0 unspecified atom stereocenters. The molecule has 0 aliphatic carbocycles. The molecule has 0 bridgehead atoms. The second kappa shape index (κ2) is 9.88.